The molecule has 0 aliphatic carbocycles. The van der Waals surface area contributed by atoms with Gasteiger partial charge in [-0.2, -0.15) is 18.3 Å². The van der Waals surface area contributed by atoms with E-state index < -0.39 is 11.9 Å². The van der Waals surface area contributed by atoms with Gasteiger partial charge in [-0.3, -0.25) is 10.1 Å². The van der Waals surface area contributed by atoms with E-state index in [4.69, 9.17) is 4.74 Å². The Kier molecular flexibility index (Phi) is 6.80. The largest absolute Gasteiger partial charge is 0.433 e. The van der Waals surface area contributed by atoms with Crippen molar-refractivity contribution < 1.29 is 17.9 Å². The third-order valence-electron chi connectivity index (χ3n) is 4.77. The van der Waals surface area contributed by atoms with E-state index in [0.29, 0.717) is 5.56 Å². The number of aromatic amines is 1. The summed E-state index contributed by atoms with van der Waals surface area (Å²) < 4.78 is 45.0. The van der Waals surface area contributed by atoms with Crippen LogP contribution in [-0.4, -0.2) is 41.5 Å². The van der Waals surface area contributed by atoms with Crippen molar-refractivity contribution >= 4 is 41.4 Å². The number of halogens is 5. The number of nitrogens with one attached hydrogen (secondary N) is 1. The molecule has 5 nitrogen and oxygen atoms in total. The number of benzene rings is 1. The number of rotatable bonds is 3. The standard InChI is InChI=1S/C18H17F3N4O.2ClH/c1-26-12-5-7-25(10-12)16-4-6-22-15-3-2-11(8-13(15)16)14-9-23-24-17(14)18(19,20)21;;/h2-4,6,8-9,12H,5,7,10H2,1H3,(H,23,24);2*1H. The smallest absolute Gasteiger partial charge is 0.380 e. The zero-order valence-corrected chi connectivity index (χ0v) is 16.5. The highest BCUT2D eigenvalue weighted by Crippen LogP contribution is 2.37. The van der Waals surface area contributed by atoms with Gasteiger partial charge in [-0.15, -0.1) is 24.8 Å². The van der Waals surface area contributed by atoms with E-state index in [1.54, 1.807) is 31.5 Å². The molecule has 1 aliphatic rings. The van der Waals surface area contributed by atoms with Gasteiger partial charge in [-0.25, -0.2) is 0 Å². The maximum Gasteiger partial charge on any atom is 0.433 e. The normalized spacial score (nSPS) is 16.7. The van der Waals surface area contributed by atoms with E-state index >= 15 is 0 Å². The zero-order valence-electron chi connectivity index (χ0n) is 14.9. The van der Waals surface area contributed by atoms with Gasteiger partial charge in [0.2, 0.25) is 0 Å². The molecule has 1 fully saturated rings. The Morgan fingerprint density at radius 2 is 2.00 bits per heavy atom. The van der Waals surface area contributed by atoms with E-state index in [-0.39, 0.29) is 36.5 Å². The van der Waals surface area contributed by atoms with Crippen molar-refractivity contribution in [3.8, 4) is 11.1 Å². The Balaban J connectivity index is 0.00000140. The molecule has 0 spiro atoms. The highest BCUT2D eigenvalue weighted by Gasteiger charge is 2.36. The molecule has 1 N–H and O–H groups in total. The van der Waals surface area contributed by atoms with Gasteiger partial charge in [0.15, 0.2) is 0 Å². The Morgan fingerprint density at radius 1 is 1.21 bits per heavy atom. The quantitative estimate of drug-likeness (QED) is 0.648. The summed E-state index contributed by atoms with van der Waals surface area (Å²) in [6, 6.07) is 7.02. The van der Waals surface area contributed by atoms with Crippen LogP contribution in [0.4, 0.5) is 18.9 Å². The van der Waals surface area contributed by atoms with Gasteiger partial charge in [-0.1, -0.05) is 6.07 Å². The van der Waals surface area contributed by atoms with Crippen molar-refractivity contribution in [2.75, 3.05) is 25.1 Å². The molecule has 0 saturated carbocycles. The summed E-state index contributed by atoms with van der Waals surface area (Å²) in [7, 11) is 1.69. The SMILES string of the molecule is COC1CCN(c2ccnc3ccc(-c4cn[nH]c4C(F)(F)F)cc23)C1.Cl.Cl. The van der Waals surface area contributed by atoms with E-state index in [9.17, 15) is 13.2 Å². The summed E-state index contributed by atoms with van der Waals surface area (Å²) in [5.74, 6) is 0. The van der Waals surface area contributed by atoms with Gasteiger partial charge in [0.05, 0.1) is 17.8 Å². The number of fused-ring (bicyclic) bond motifs is 1. The summed E-state index contributed by atoms with van der Waals surface area (Å²) in [4.78, 5) is 6.53. The monoisotopic (exact) mass is 434 g/mol. The summed E-state index contributed by atoms with van der Waals surface area (Å²) in [6.45, 7) is 1.58. The number of alkyl halides is 3. The zero-order chi connectivity index (χ0) is 18.3. The molecule has 1 saturated heterocycles. The van der Waals surface area contributed by atoms with Crippen LogP contribution in [0.5, 0.6) is 0 Å². The van der Waals surface area contributed by atoms with Crippen LogP contribution in [0.15, 0.2) is 36.7 Å². The minimum Gasteiger partial charge on any atom is -0.380 e. The maximum absolute atomic E-state index is 13.2. The van der Waals surface area contributed by atoms with Gasteiger partial charge in [0.25, 0.3) is 0 Å². The summed E-state index contributed by atoms with van der Waals surface area (Å²) in [6.07, 6.45) is -0.487. The minimum absolute atomic E-state index is 0. The predicted molar refractivity (Wildman–Crippen MR) is 106 cm³/mol. The van der Waals surface area contributed by atoms with Crippen LogP contribution in [0.3, 0.4) is 0 Å². The number of ether oxygens (including phenoxy) is 1. The van der Waals surface area contributed by atoms with Gasteiger partial charge in [-0.05, 0) is 30.2 Å². The fourth-order valence-corrected chi connectivity index (χ4v) is 3.44. The highest BCUT2D eigenvalue weighted by atomic mass is 35.5. The Bertz CT molecular complexity index is 948. The number of H-pyrrole nitrogens is 1. The number of methoxy groups -OCH3 is 1. The molecule has 1 aliphatic heterocycles. The van der Waals surface area contributed by atoms with E-state index in [1.165, 1.54) is 6.20 Å². The molecule has 0 radical (unpaired) electrons. The number of hydrogen-bond donors (Lipinski definition) is 1. The number of nitrogens with zero attached hydrogens (tertiary/aromatic N) is 3. The lowest BCUT2D eigenvalue weighted by Gasteiger charge is -2.20. The van der Waals surface area contributed by atoms with Crippen LogP contribution in [0.25, 0.3) is 22.0 Å². The first-order chi connectivity index (χ1) is 12.5. The molecule has 3 heterocycles. The van der Waals surface area contributed by atoms with E-state index in [1.807, 2.05) is 6.07 Å². The van der Waals surface area contributed by atoms with Crippen LogP contribution in [0, 0.1) is 0 Å². The molecule has 1 aromatic carbocycles. The number of hydrogen-bond acceptors (Lipinski definition) is 4. The lowest BCUT2D eigenvalue weighted by molar-refractivity contribution is -0.140. The van der Waals surface area contributed by atoms with Crippen LogP contribution in [0.1, 0.15) is 12.1 Å². The molecule has 1 unspecified atom stereocenters. The van der Waals surface area contributed by atoms with Crippen LogP contribution in [0.2, 0.25) is 0 Å². The molecular weight excluding hydrogens is 416 g/mol. The lowest BCUT2D eigenvalue weighted by atomic mass is 10.0. The molecule has 10 heteroatoms. The molecule has 0 bridgehead atoms. The highest BCUT2D eigenvalue weighted by molar-refractivity contribution is 5.95. The minimum atomic E-state index is -4.49. The lowest BCUT2D eigenvalue weighted by Crippen LogP contribution is -2.22. The van der Waals surface area contributed by atoms with Gasteiger partial charge < -0.3 is 9.64 Å². The third-order valence-corrected chi connectivity index (χ3v) is 4.77. The van der Waals surface area contributed by atoms with Crippen LogP contribution in [-0.2, 0) is 10.9 Å². The van der Waals surface area contributed by atoms with Crippen molar-refractivity contribution in [2.24, 2.45) is 0 Å². The van der Waals surface area contributed by atoms with Gasteiger partial charge in [0.1, 0.15) is 5.69 Å². The van der Waals surface area contributed by atoms with Gasteiger partial charge >= 0.3 is 6.18 Å². The summed E-state index contributed by atoms with van der Waals surface area (Å²) >= 11 is 0. The van der Waals surface area contributed by atoms with Crippen molar-refractivity contribution in [3.05, 3.63) is 42.4 Å². The topological polar surface area (TPSA) is 54.0 Å². The number of pyridine rings is 1. The Hall–Kier alpha value is -2.03. The maximum atomic E-state index is 13.2. The number of anilines is 1. The molecular formula is C18H19Cl2F3N4O. The first-order valence-corrected chi connectivity index (χ1v) is 8.25. The van der Waals surface area contributed by atoms with Gasteiger partial charge in [0, 0.05) is 43.0 Å². The molecule has 4 rings (SSSR count). The Morgan fingerprint density at radius 3 is 2.68 bits per heavy atom. The summed E-state index contributed by atoms with van der Waals surface area (Å²) in [5.41, 5.74) is 1.33. The average Bonchev–Trinajstić information content (AvgIpc) is 3.29. The molecule has 3 aromatic rings. The second-order valence-corrected chi connectivity index (χ2v) is 6.31. The fraction of sp³-hybridized carbons (Fsp3) is 0.333. The second-order valence-electron chi connectivity index (χ2n) is 6.31. The summed E-state index contributed by atoms with van der Waals surface area (Å²) in [5, 5.41) is 6.45. The van der Waals surface area contributed by atoms with Crippen molar-refractivity contribution in [3.63, 3.8) is 0 Å². The average molecular weight is 435 g/mol. The molecule has 28 heavy (non-hydrogen) atoms. The molecule has 0 amide bonds. The van der Waals surface area contributed by atoms with E-state index in [2.05, 4.69) is 20.1 Å². The van der Waals surface area contributed by atoms with Crippen molar-refractivity contribution in [1.29, 1.82) is 0 Å². The first-order valence-electron chi connectivity index (χ1n) is 8.25. The number of aromatic nitrogens is 3. The Labute approximate surface area is 172 Å². The first kappa shape index (κ1) is 22.3. The second kappa shape index (κ2) is 8.55. The molecule has 152 valence electrons. The van der Waals surface area contributed by atoms with Crippen molar-refractivity contribution in [1.82, 2.24) is 15.2 Å². The van der Waals surface area contributed by atoms with Crippen LogP contribution >= 0.6 is 24.8 Å². The third kappa shape index (κ3) is 4.04. The fourth-order valence-electron chi connectivity index (χ4n) is 3.44. The molecule has 1 atom stereocenters. The predicted octanol–water partition coefficient (Wildman–Crippen LogP) is 4.71. The van der Waals surface area contributed by atoms with E-state index in [0.717, 1.165) is 36.1 Å². The molecule has 2 aromatic heterocycles. The van der Waals surface area contributed by atoms with Crippen molar-refractivity contribution in [2.45, 2.75) is 18.7 Å². The van der Waals surface area contributed by atoms with Crippen LogP contribution < -0.4 is 4.90 Å².